The van der Waals surface area contributed by atoms with Gasteiger partial charge in [0.15, 0.2) is 0 Å². The fourth-order valence-corrected chi connectivity index (χ4v) is 2.67. The Hall–Kier alpha value is -1.62. The van der Waals surface area contributed by atoms with Crippen molar-refractivity contribution >= 4 is 11.6 Å². The fourth-order valence-electron chi connectivity index (χ4n) is 2.67. The number of para-hydroxylation sites is 1. The van der Waals surface area contributed by atoms with E-state index in [0.717, 1.165) is 25.9 Å². The Morgan fingerprint density at radius 2 is 2.20 bits per heavy atom. The van der Waals surface area contributed by atoms with Crippen LogP contribution in [-0.2, 0) is 4.74 Å². The van der Waals surface area contributed by atoms with Crippen molar-refractivity contribution in [2.45, 2.75) is 25.3 Å². The van der Waals surface area contributed by atoms with Crippen LogP contribution in [0.5, 0.6) is 0 Å². The van der Waals surface area contributed by atoms with Gasteiger partial charge in [0.2, 0.25) is 0 Å². The smallest absolute Gasteiger partial charge is 0.256 e. The van der Waals surface area contributed by atoms with Gasteiger partial charge in [0, 0.05) is 25.1 Å². The second-order valence-electron chi connectivity index (χ2n) is 5.62. The highest BCUT2D eigenvalue weighted by Gasteiger charge is 2.35. The zero-order valence-corrected chi connectivity index (χ0v) is 11.3. The van der Waals surface area contributed by atoms with Crippen LogP contribution in [-0.4, -0.2) is 36.6 Å². The number of anilines is 1. The van der Waals surface area contributed by atoms with E-state index in [4.69, 9.17) is 10.5 Å². The minimum absolute atomic E-state index is 0.0502. The first-order valence-corrected chi connectivity index (χ1v) is 7.09. The lowest BCUT2D eigenvalue weighted by Crippen LogP contribution is -2.37. The third-order valence-corrected chi connectivity index (χ3v) is 4.01. The molecule has 1 aromatic rings. The quantitative estimate of drug-likeness (QED) is 0.858. The molecular formula is C15H19FN2O2. The first-order chi connectivity index (χ1) is 9.66. The zero-order chi connectivity index (χ0) is 14.1. The van der Waals surface area contributed by atoms with E-state index in [2.05, 4.69) is 0 Å². The summed E-state index contributed by atoms with van der Waals surface area (Å²) in [6.45, 7) is 2.15. The lowest BCUT2D eigenvalue weighted by Gasteiger charge is -2.25. The van der Waals surface area contributed by atoms with Gasteiger partial charge in [0.1, 0.15) is 5.82 Å². The molecule has 1 unspecified atom stereocenters. The second kappa shape index (κ2) is 5.40. The van der Waals surface area contributed by atoms with Crippen LogP contribution >= 0.6 is 0 Å². The van der Waals surface area contributed by atoms with Crippen molar-refractivity contribution in [2.24, 2.45) is 5.92 Å². The summed E-state index contributed by atoms with van der Waals surface area (Å²) in [6.07, 6.45) is 3.03. The molecule has 2 fully saturated rings. The molecule has 1 atom stereocenters. The molecule has 2 aliphatic rings. The fraction of sp³-hybridized carbons (Fsp3) is 0.533. The van der Waals surface area contributed by atoms with E-state index in [-0.39, 0.29) is 23.2 Å². The van der Waals surface area contributed by atoms with E-state index < -0.39 is 5.82 Å². The Bertz CT molecular complexity index is 511. The number of amides is 1. The molecule has 108 valence electrons. The number of nitrogens with two attached hydrogens (primary N) is 1. The number of hydrogen-bond acceptors (Lipinski definition) is 3. The van der Waals surface area contributed by atoms with Crippen LogP contribution in [0.2, 0.25) is 0 Å². The molecule has 1 saturated carbocycles. The number of rotatable bonds is 4. The van der Waals surface area contributed by atoms with Crippen LogP contribution in [0.1, 0.15) is 29.6 Å². The maximum atomic E-state index is 13.5. The molecule has 0 bridgehead atoms. The van der Waals surface area contributed by atoms with Crippen LogP contribution in [0.15, 0.2) is 18.2 Å². The number of carbonyl (C=O) groups excluding carboxylic acids is 1. The van der Waals surface area contributed by atoms with Gasteiger partial charge in [-0.1, -0.05) is 6.07 Å². The van der Waals surface area contributed by atoms with Gasteiger partial charge in [0.05, 0.1) is 17.9 Å². The van der Waals surface area contributed by atoms with Crippen LogP contribution in [0.4, 0.5) is 10.1 Å². The van der Waals surface area contributed by atoms with Crippen molar-refractivity contribution in [2.75, 3.05) is 25.5 Å². The number of carbonyl (C=O) groups is 1. The van der Waals surface area contributed by atoms with Gasteiger partial charge in [-0.3, -0.25) is 4.79 Å². The van der Waals surface area contributed by atoms with Crippen molar-refractivity contribution in [3.05, 3.63) is 29.6 Å². The largest absolute Gasteiger partial charge is 0.396 e. The predicted octanol–water partition coefficient (Wildman–Crippen LogP) is 2.05. The normalized spacial score (nSPS) is 21.9. The van der Waals surface area contributed by atoms with Crippen molar-refractivity contribution < 1.29 is 13.9 Å². The van der Waals surface area contributed by atoms with Gasteiger partial charge in [-0.15, -0.1) is 0 Å². The first-order valence-electron chi connectivity index (χ1n) is 7.09. The summed E-state index contributed by atoms with van der Waals surface area (Å²) in [5.41, 5.74) is 5.93. The molecule has 4 nitrogen and oxygen atoms in total. The van der Waals surface area contributed by atoms with Crippen LogP contribution in [0, 0.1) is 11.7 Å². The average Bonchev–Trinajstić information content (AvgIpc) is 3.15. The predicted molar refractivity (Wildman–Crippen MR) is 73.8 cm³/mol. The minimum atomic E-state index is -0.532. The summed E-state index contributed by atoms with van der Waals surface area (Å²) in [7, 11) is 0. The van der Waals surface area contributed by atoms with Crippen molar-refractivity contribution in [3.8, 4) is 0 Å². The van der Waals surface area contributed by atoms with Crippen molar-refractivity contribution in [1.29, 1.82) is 0 Å². The Kier molecular flexibility index (Phi) is 3.61. The molecule has 1 aromatic carbocycles. The molecule has 1 heterocycles. The summed E-state index contributed by atoms with van der Waals surface area (Å²) >= 11 is 0. The van der Waals surface area contributed by atoms with E-state index in [9.17, 15) is 9.18 Å². The summed E-state index contributed by atoms with van der Waals surface area (Å²) in [6, 6.07) is 4.69. The number of nitrogens with zero attached hydrogens (tertiary/aromatic N) is 1. The third-order valence-electron chi connectivity index (χ3n) is 4.01. The lowest BCUT2D eigenvalue weighted by molar-refractivity contribution is 0.0707. The van der Waals surface area contributed by atoms with Gasteiger partial charge in [-0.2, -0.15) is 0 Å². The summed E-state index contributed by atoms with van der Waals surface area (Å²) < 4.78 is 18.9. The van der Waals surface area contributed by atoms with E-state index in [1.165, 1.54) is 12.1 Å². The van der Waals surface area contributed by atoms with Gasteiger partial charge >= 0.3 is 0 Å². The molecule has 1 saturated heterocycles. The standard InChI is InChI=1S/C15H19FN2O2/c16-13-3-1-2-12(14(13)17)15(19)18(11-4-5-11)8-10-6-7-20-9-10/h1-3,10-11H,4-9,17H2. The molecule has 0 spiro atoms. The monoisotopic (exact) mass is 278 g/mol. The highest BCUT2D eigenvalue weighted by molar-refractivity contribution is 5.99. The van der Waals surface area contributed by atoms with Crippen molar-refractivity contribution in [3.63, 3.8) is 0 Å². The van der Waals surface area contributed by atoms with Crippen LogP contribution < -0.4 is 5.73 Å². The molecule has 1 aliphatic carbocycles. The summed E-state index contributed by atoms with van der Waals surface area (Å²) in [4.78, 5) is 14.5. The Labute approximate surface area is 117 Å². The molecule has 2 N–H and O–H groups in total. The third kappa shape index (κ3) is 2.63. The molecule has 3 rings (SSSR count). The Morgan fingerprint density at radius 3 is 2.85 bits per heavy atom. The SMILES string of the molecule is Nc1c(F)cccc1C(=O)N(CC1CCOC1)C1CC1. The number of halogens is 1. The van der Waals surface area contributed by atoms with E-state index in [1.807, 2.05) is 4.90 Å². The molecular weight excluding hydrogens is 259 g/mol. The molecule has 0 radical (unpaired) electrons. The highest BCUT2D eigenvalue weighted by Crippen LogP contribution is 2.31. The number of nitrogen functional groups attached to an aromatic ring is 1. The van der Waals surface area contributed by atoms with E-state index in [1.54, 1.807) is 6.07 Å². The van der Waals surface area contributed by atoms with Gasteiger partial charge in [-0.25, -0.2) is 4.39 Å². The molecule has 0 aromatic heterocycles. The number of benzene rings is 1. The van der Waals surface area contributed by atoms with E-state index in [0.29, 0.717) is 19.1 Å². The maximum absolute atomic E-state index is 13.5. The topological polar surface area (TPSA) is 55.6 Å². The molecule has 1 amide bonds. The number of ether oxygens (including phenoxy) is 1. The number of hydrogen-bond donors (Lipinski definition) is 1. The van der Waals surface area contributed by atoms with E-state index >= 15 is 0 Å². The molecule has 1 aliphatic heterocycles. The molecule has 20 heavy (non-hydrogen) atoms. The Balaban J connectivity index is 1.79. The maximum Gasteiger partial charge on any atom is 0.256 e. The highest BCUT2D eigenvalue weighted by atomic mass is 19.1. The second-order valence-corrected chi connectivity index (χ2v) is 5.62. The summed E-state index contributed by atoms with van der Waals surface area (Å²) in [5.74, 6) is -0.304. The van der Waals surface area contributed by atoms with Crippen LogP contribution in [0.25, 0.3) is 0 Å². The molecule has 5 heteroatoms. The Morgan fingerprint density at radius 1 is 1.40 bits per heavy atom. The van der Waals surface area contributed by atoms with Crippen LogP contribution in [0.3, 0.4) is 0 Å². The van der Waals surface area contributed by atoms with Crippen molar-refractivity contribution in [1.82, 2.24) is 4.90 Å². The first kappa shape index (κ1) is 13.4. The van der Waals surface area contributed by atoms with Gasteiger partial charge in [-0.05, 0) is 31.4 Å². The summed E-state index contributed by atoms with van der Waals surface area (Å²) in [5, 5.41) is 0. The lowest BCUT2D eigenvalue weighted by atomic mass is 10.1. The van der Waals surface area contributed by atoms with Gasteiger partial charge in [0.25, 0.3) is 5.91 Å². The van der Waals surface area contributed by atoms with Gasteiger partial charge < -0.3 is 15.4 Å². The minimum Gasteiger partial charge on any atom is -0.396 e. The zero-order valence-electron chi connectivity index (χ0n) is 11.3. The average molecular weight is 278 g/mol.